The van der Waals surface area contributed by atoms with E-state index in [4.69, 9.17) is 5.73 Å². The first-order chi connectivity index (χ1) is 12.6. The summed E-state index contributed by atoms with van der Waals surface area (Å²) in [7, 11) is 0. The van der Waals surface area contributed by atoms with Crippen LogP contribution in [0.5, 0.6) is 0 Å². The van der Waals surface area contributed by atoms with Gasteiger partial charge in [-0.3, -0.25) is 4.79 Å². The van der Waals surface area contributed by atoms with E-state index in [1.165, 1.54) is 0 Å². The van der Waals surface area contributed by atoms with Crippen molar-refractivity contribution in [2.75, 3.05) is 5.32 Å². The Morgan fingerprint density at radius 2 is 1.69 bits per heavy atom. The first-order valence-electron chi connectivity index (χ1n) is 8.59. The number of nitrogens with one attached hydrogen (secondary N) is 1. The van der Waals surface area contributed by atoms with Crippen molar-refractivity contribution in [3.8, 4) is 11.1 Å². The van der Waals surface area contributed by atoms with Crippen LogP contribution in [0.3, 0.4) is 0 Å². The first kappa shape index (κ1) is 17.6. The number of hydrogen-bond acceptors (Lipinski definition) is 2. The van der Waals surface area contributed by atoms with Crippen molar-refractivity contribution in [1.29, 1.82) is 0 Å². The average Bonchev–Trinajstić information content (AvgIpc) is 2.68. The summed E-state index contributed by atoms with van der Waals surface area (Å²) < 4.78 is 0. The minimum Gasteiger partial charge on any atom is -0.326 e. The van der Waals surface area contributed by atoms with E-state index in [1.807, 2.05) is 61.5 Å². The lowest BCUT2D eigenvalue weighted by atomic mass is 10.0. The standard InChI is InChI=1S/C23H22N2O/c1-17-5-12-22(13-6-17)25-23(26)14-9-18-3-2-4-21(15-18)20-10-7-19(16-24)8-11-20/h2-15H,16,24H2,1H3,(H,25,26)/b14-9+. The van der Waals surface area contributed by atoms with Crippen molar-refractivity contribution in [3.63, 3.8) is 0 Å². The molecular weight excluding hydrogens is 320 g/mol. The predicted molar refractivity (Wildman–Crippen MR) is 109 cm³/mol. The molecule has 0 radical (unpaired) electrons. The molecule has 0 aliphatic carbocycles. The van der Waals surface area contributed by atoms with Gasteiger partial charge in [-0.05, 0) is 53.5 Å². The largest absolute Gasteiger partial charge is 0.326 e. The van der Waals surface area contributed by atoms with Crippen LogP contribution in [0.2, 0.25) is 0 Å². The van der Waals surface area contributed by atoms with Gasteiger partial charge < -0.3 is 11.1 Å². The van der Waals surface area contributed by atoms with E-state index >= 15 is 0 Å². The molecule has 3 heteroatoms. The second kappa shape index (κ2) is 8.28. The third-order valence-electron chi connectivity index (χ3n) is 4.16. The van der Waals surface area contributed by atoms with Crippen LogP contribution < -0.4 is 11.1 Å². The number of carbonyl (C=O) groups excluding carboxylic acids is 1. The van der Waals surface area contributed by atoms with Gasteiger partial charge in [-0.25, -0.2) is 0 Å². The fourth-order valence-corrected chi connectivity index (χ4v) is 2.65. The van der Waals surface area contributed by atoms with Crippen molar-refractivity contribution in [3.05, 3.63) is 95.6 Å². The first-order valence-corrected chi connectivity index (χ1v) is 8.59. The molecule has 26 heavy (non-hydrogen) atoms. The molecule has 0 bridgehead atoms. The van der Waals surface area contributed by atoms with Gasteiger partial charge in [0, 0.05) is 18.3 Å². The molecular formula is C23H22N2O. The molecule has 0 spiro atoms. The third kappa shape index (κ3) is 4.68. The van der Waals surface area contributed by atoms with Crippen LogP contribution in [0.25, 0.3) is 17.2 Å². The van der Waals surface area contributed by atoms with Crippen LogP contribution in [-0.4, -0.2) is 5.91 Å². The van der Waals surface area contributed by atoms with Crippen molar-refractivity contribution >= 4 is 17.7 Å². The summed E-state index contributed by atoms with van der Waals surface area (Å²) in [6.45, 7) is 2.56. The molecule has 0 saturated heterocycles. The molecule has 0 saturated carbocycles. The minimum atomic E-state index is -0.147. The fourth-order valence-electron chi connectivity index (χ4n) is 2.65. The Bertz CT molecular complexity index is 910. The second-order valence-electron chi connectivity index (χ2n) is 6.22. The highest BCUT2D eigenvalue weighted by Crippen LogP contribution is 2.21. The molecule has 0 aromatic heterocycles. The van der Waals surface area contributed by atoms with Crippen LogP contribution in [0.15, 0.2) is 78.9 Å². The Hall–Kier alpha value is -3.17. The number of benzene rings is 3. The molecule has 3 rings (SSSR count). The predicted octanol–water partition coefficient (Wildman–Crippen LogP) is 4.77. The van der Waals surface area contributed by atoms with E-state index in [1.54, 1.807) is 6.08 Å². The minimum absolute atomic E-state index is 0.147. The number of nitrogens with two attached hydrogens (primary N) is 1. The number of anilines is 1. The number of rotatable bonds is 5. The highest BCUT2D eigenvalue weighted by Gasteiger charge is 2.00. The molecule has 130 valence electrons. The highest BCUT2D eigenvalue weighted by molar-refractivity contribution is 6.02. The summed E-state index contributed by atoms with van der Waals surface area (Å²) in [5, 5.41) is 2.86. The zero-order chi connectivity index (χ0) is 18.4. The molecule has 0 aliphatic rings. The fraction of sp³-hybridized carbons (Fsp3) is 0.0870. The van der Waals surface area contributed by atoms with E-state index in [0.717, 1.165) is 33.5 Å². The van der Waals surface area contributed by atoms with Gasteiger partial charge in [-0.1, -0.05) is 60.2 Å². The van der Waals surface area contributed by atoms with Crippen molar-refractivity contribution in [2.45, 2.75) is 13.5 Å². The zero-order valence-corrected chi connectivity index (χ0v) is 14.8. The summed E-state index contributed by atoms with van der Waals surface area (Å²) >= 11 is 0. The van der Waals surface area contributed by atoms with Crippen LogP contribution in [0.4, 0.5) is 5.69 Å². The molecule has 3 aromatic carbocycles. The van der Waals surface area contributed by atoms with Gasteiger partial charge in [-0.15, -0.1) is 0 Å². The highest BCUT2D eigenvalue weighted by atomic mass is 16.1. The molecule has 3 aromatic rings. The van der Waals surface area contributed by atoms with E-state index in [0.29, 0.717) is 6.54 Å². The number of carbonyl (C=O) groups is 1. The molecule has 0 aliphatic heterocycles. The van der Waals surface area contributed by atoms with Gasteiger partial charge in [-0.2, -0.15) is 0 Å². The lowest BCUT2D eigenvalue weighted by molar-refractivity contribution is -0.111. The van der Waals surface area contributed by atoms with E-state index in [-0.39, 0.29) is 5.91 Å². The molecule has 0 heterocycles. The third-order valence-corrected chi connectivity index (χ3v) is 4.16. The van der Waals surface area contributed by atoms with E-state index in [2.05, 4.69) is 29.6 Å². The Morgan fingerprint density at radius 1 is 0.962 bits per heavy atom. The summed E-state index contributed by atoms with van der Waals surface area (Å²) in [6, 6.07) is 24.0. The maximum atomic E-state index is 12.1. The Morgan fingerprint density at radius 3 is 2.38 bits per heavy atom. The van der Waals surface area contributed by atoms with E-state index in [9.17, 15) is 4.79 Å². The quantitative estimate of drug-likeness (QED) is 0.656. The lowest BCUT2D eigenvalue weighted by Crippen LogP contribution is -2.07. The van der Waals surface area contributed by atoms with Gasteiger partial charge in [0.1, 0.15) is 0 Å². The van der Waals surface area contributed by atoms with Crippen LogP contribution in [0, 0.1) is 6.92 Å². The maximum Gasteiger partial charge on any atom is 0.248 e. The van der Waals surface area contributed by atoms with Gasteiger partial charge in [0.2, 0.25) is 5.91 Å². The van der Waals surface area contributed by atoms with E-state index < -0.39 is 0 Å². The molecule has 0 atom stereocenters. The number of aryl methyl sites for hydroxylation is 1. The van der Waals surface area contributed by atoms with Crippen molar-refractivity contribution in [1.82, 2.24) is 0 Å². The van der Waals surface area contributed by atoms with Crippen molar-refractivity contribution in [2.24, 2.45) is 5.73 Å². The molecule has 3 nitrogen and oxygen atoms in total. The number of amides is 1. The lowest BCUT2D eigenvalue weighted by Gasteiger charge is -2.05. The Kier molecular flexibility index (Phi) is 5.62. The topological polar surface area (TPSA) is 55.1 Å². The molecule has 1 amide bonds. The van der Waals surface area contributed by atoms with Crippen molar-refractivity contribution < 1.29 is 4.79 Å². The average molecular weight is 342 g/mol. The maximum absolute atomic E-state index is 12.1. The Balaban J connectivity index is 1.70. The van der Waals surface area contributed by atoms with Gasteiger partial charge in [0.05, 0.1) is 0 Å². The summed E-state index contributed by atoms with van der Waals surface area (Å²) in [5.41, 5.74) is 11.9. The van der Waals surface area contributed by atoms with Crippen LogP contribution >= 0.6 is 0 Å². The normalized spacial score (nSPS) is 10.8. The van der Waals surface area contributed by atoms with Gasteiger partial charge in [0.15, 0.2) is 0 Å². The van der Waals surface area contributed by atoms with Crippen LogP contribution in [-0.2, 0) is 11.3 Å². The summed E-state index contributed by atoms with van der Waals surface area (Å²) in [4.78, 5) is 12.1. The number of hydrogen-bond donors (Lipinski definition) is 2. The molecule has 0 unspecified atom stereocenters. The smallest absolute Gasteiger partial charge is 0.248 e. The van der Waals surface area contributed by atoms with Crippen LogP contribution in [0.1, 0.15) is 16.7 Å². The Labute approximate surface area is 154 Å². The molecule has 0 fully saturated rings. The molecule has 3 N–H and O–H groups in total. The second-order valence-corrected chi connectivity index (χ2v) is 6.22. The van der Waals surface area contributed by atoms with Gasteiger partial charge in [0.25, 0.3) is 0 Å². The zero-order valence-electron chi connectivity index (χ0n) is 14.8. The summed E-state index contributed by atoms with van der Waals surface area (Å²) in [6.07, 6.45) is 3.37. The summed E-state index contributed by atoms with van der Waals surface area (Å²) in [5.74, 6) is -0.147. The SMILES string of the molecule is Cc1ccc(NC(=O)/C=C/c2cccc(-c3ccc(CN)cc3)c2)cc1. The van der Waals surface area contributed by atoms with Gasteiger partial charge >= 0.3 is 0 Å². The monoisotopic (exact) mass is 342 g/mol.